The van der Waals surface area contributed by atoms with Crippen molar-refractivity contribution in [2.24, 2.45) is 0 Å². The predicted molar refractivity (Wildman–Crippen MR) is 114 cm³/mol. The van der Waals surface area contributed by atoms with Crippen LogP contribution >= 0.6 is 11.6 Å². The normalized spacial score (nSPS) is 15.8. The molecule has 0 N–H and O–H groups in total. The predicted octanol–water partition coefficient (Wildman–Crippen LogP) is 1.75. The second-order valence-corrected chi connectivity index (χ2v) is 8.08. The number of carbonyl (C=O) groups excluding carboxylic acids is 2. The second kappa shape index (κ2) is 9.06. The van der Waals surface area contributed by atoms with E-state index in [1.54, 1.807) is 49.9 Å². The molecule has 0 bridgehead atoms. The Hall–Kier alpha value is -2.58. The third kappa shape index (κ3) is 4.94. The molecule has 2 amide bonds. The van der Waals surface area contributed by atoms with Gasteiger partial charge in [-0.25, -0.2) is 4.79 Å². The van der Waals surface area contributed by atoms with E-state index in [2.05, 4.69) is 0 Å². The van der Waals surface area contributed by atoms with Crippen molar-refractivity contribution in [3.8, 4) is 5.75 Å². The van der Waals surface area contributed by atoms with Gasteiger partial charge in [0.05, 0.1) is 11.6 Å². The molecule has 1 aromatic carbocycles. The maximum atomic E-state index is 12.8. The lowest BCUT2D eigenvalue weighted by Crippen LogP contribution is -2.53. The molecule has 162 valence electrons. The largest absolute Gasteiger partial charge is 0.479 e. The van der Waals surface area contributed by atoms with Gasteiger partial charge in [0.25, 0.3) is 5.91 Å². The van der Waals surface area contributed by atoms with Crippen LogP contribution < -0.4 is 10.4 Å². The highest BCUT2D eigenvalue weighted by atomic mass is 35.5. The number of benzene rings is 1. The number of rotatable bonds is 5. The Bertz CT molecular complexity index is 1010. The highest BCUT2D eigenvalue weighted by molar-refractivity contribution is 6.32. The molecule has 1 unspecified atom stereocenters. The Morgan fingerprint density at radius 3 is 2.50 bits per heavy atom. The molecule has 30 heavy (non-hydrogen) atoms. The number of fused-ring (bicyclic) bond motifs is 1. The van der Waals surface area contributed by atoms with Crippen molar-refractivity contribution >= 4 is 34.4 Å². The monoisotopic (exact) mass is 435 g/mol. The third-order valence-electron chi connectivity index (χ3n) is 5.20. The minimum atomic E-state index is -0.758. The molecule has 1 saturated heterocycles. The van der Waals surface area contributed by atoms with Gasteiger partial charge in [0.2, 0.25) is 5.91 Å². The number of aryl methyl sites for hydroxylation is 1. The lowest BCUT2D eigenvalue weighted by atomic mass is 10.1. The van der Waals surface area contributed by atoms with E-state index in [0.717, 1.165) is 5.56 Å². The first-order valence-electron chi connectivity index (χ1n) is 9.77. The number of hydrogen-bond donors (Lipinski definition) is 0. The van der Waals surface area contributed by atoms with E-state index in [1.807, 2.05) is 4.90 Å². The number of nitrogens with zero attached hydrogens (tertiary/aromatic N) is 3. The Kier molecular flexibility index (Phi) is 6.67. The Labute approximate surface area is 179 Å². The fourth-order valence-corrected chi connectivity index (χ4v) is 3.58. The molecule has 1 aliphatic rings. The highest BCUT2D eigenvalue weighted by Crippen LogP contribution is 2.31. The number of hydrogen-bond acceptors (Lipinski definition) is 6. The van der Waals surface area contributed by atoms with Crippen molar-refractivity contribution in [2.45, 2.75) is 20.0 Å². The first-order valence-corrected chi connectivity index (χ1v) is 10.2. The summed E-state index contributed by atoms with van der Waals surface area (Å²) < 4.78 is 11.0. The summed E-state index contributed by atoms with van der Waals surface area (Å²) in [6, 6.07) is 4.61. The van der Waals surface area contributed by atoms with E-state index < -0.39 is 11.7 Å². The summed E-state index contributed by atoms with van der Waals surface area (Å²) in [6.45, 7) is 6.10. The van der Waals surface area contributed by atoms with Crippen LogP contribution in [0.2, 0.25) is 5.02 Å². The zero-order chi connectivity index (χ0) is 22.0. The number of halogens is 1. The van der Waals surface area contributed by atoms with Crippen LogP contribution in [0.5, 0.6) is 5.75 Å². The van der Waals surface area contributed by atoms with Gasteiger partial charge in [-0.2, -0.15) is 0 Å². The van der Waals surface area contributed by atoms with E-state index in [9.17, 15) is 14.4 Å². The summed E-state index contributed by atoms with van der Waals surface area (Å²) in [4.78, 5) is 41.6. The number of ether oxygens (including phenoxy) is 1. The number of amides is 2. The molecular weight excluding hydrogens is 410 g/mol. The average Bonchev–Trinajstić information content (AvgIpc) is 2.69. The van der Waals surface area contributed by atoms with Gasteiger partial charge < -0.3 is 19.0 Å². The summed E-state index contributed by atoms with van der Waals surface area (Å²) in [5.41, 5.74) is 0.658. The maximum Gasteiger partial charge on any atom is 0.336 e. The standard InChI is InChI=1S/C21H26ClN3O5/c1-13-9-20(27)30-17-11-18(16(22)10-15(13)17)29-14(2)21(28)25-7-5-24(6-8-25)12-19(26)23(3)4/h9-11,14H,5-8,12H2,1-4H3. The number of likely N-dealkylation sites (N-methyl/N-ethyl adjacent to an activating group) is 1. The van der Waals surface area contributed by atoms with Crippen molar-refractivity contribution in [3.63, 3.8) is 0 Å². The van der Waals surface area contributed by atoms with Gasteiger partial charge in [0.1, 0.15) is 11.3 Å². The molecule has 8 nitrogen and oxygen atoms in total. The van der Waals surface area contributed by atoms with Crippen LogP contribution in [0.3, 0.4) is 0 Å². The van der Waals surface area contributed by atoms with Gasteiger partial charge in [-0.05, 0) is 25.5 Å². The molecule has 2 aromatic rings. The Balaban J connectivity index is 1.64. The molecule has 1 aliphatic heterocycles. The van der Waals surface area contributed by atoms with Crippen LogP contribution in [-0.4, -0.2) is 79.4 Å². The van der Waals surface area contributed by atoms with Gasteiger partial charge in [-0.15, -0.1) is 0 Å². The van der Waals surface area contributed by atoms with E-state index in [4.69, 9.17) is 20.8 Å². The summed E-state index contributed by atoms with van der Waals surface area (Å²) in [7, 11) is 3.46. The van der Waals surface area contributed by atoms with Crippen molar-refractivity contribution in [3.05, 3.63) is 39.2 Å². The van der Waals surface area contributed by atoms with Gasteiger partial charge in [0.15, 0.2) is 6.10 Å². The van der Waals surface area contributed by atoms with Crippen molar-refractivity contribution < 1.29 is 18.7 Å². The highest BCUT2D eigenvalue weighted by Gasteiger charge is 2.27. The van der Waals surface area contributed by atoms with Crippen LogP contribution in [-0.2, 0) is 9.59 Å². The van der Waals surface area contributed by atoms with Gasteiger partial charge >= 0.3 is 5.63 Å². The van der Waals surface area contributed by atoms with Gasteiger partial charge in [0, 0.05) is 57.8 Å². The molecule has 0 radical (unpaired) electrons. The molecule has 0 saturated carbocycles. The first-order chi connectivity index (χ1) is 14.2. The number of carbonyl (C=O) groups is 2. The molecule has 1 atom stereocenters. The van der Waals surface area contributed by atoms with Crippen molar-refractivity contribution in [1.82, 2.24) is 14.7 Å². The van der Waals surface area contributed by atoms with Crippen LogP contribution in [0.25, 0.3) is 11.0 Å². The molecule has 0 spiro atoms. The lowest BCUT2D eigenvalue weighted by Gasteiger charge is -2.35. The molecular formula is C21H26ClN3O5. The van der Waals surface area contributed by atoms with E-state index in [1.165, 1.54) is 6.07 Å². The fraction of sp³-hybridized carbons (Fsp3) is 0.476. The molecule has 3 rings (SSSR count). The zero-order valence-electron chi connectivity index (χ0n) is 17.6. The Morgan fingerprint density at radius 1 is 1.20 bits per heavy atom. The van der Waals surface area contributed by atoms with E-state index in [0.29, 0.717) is 48.7 Å². The van der Waals surface area contributed by atoms with Crippen LogP contribution in [0.15, 0.2) is 27.4 Å². The molecule has 2 heterocycles. The molecule has 9 heteroatoms. The van der Waals surface area contributed by atoms with Gasteiger partial charge in [-0.3, -0.25) is 14.5 Å². The van der Waals surface area contributed by atoms with Crippen LogP contribution in [0.1, 0.15) is 12.5 Å². The third-order valence-corrected chi connectivity index (χ3v) is 5.49. The smallest absolute Gasteiger partial charge is 0.336 e. The van der Waals surface area contributed by atoms with Gasteiger partial charge in [-0.1, -0.05) is 11.6 Å². The van der Waals surface area contributed by atoms with Crippen LogP contribution in [0, 0.1) is 6.92 Å². The summed E-state index contributed by atoms with van der Waals surface area (Å²) >= 11 is 6.33. The molecule has 1 aromatic heterocycles. The Morgan fingerprint density at radius 2 is 1.87 bits per heavy atom. The SMILES string of the molecule is Cc1cc(=O)oc2cc(OC(C)C(=O)N3CCN(CC(=O)N(C)C)CC3)c(Cl)cc12. The second-order valence-electron chi connectivity index (χ2n) is 7.68. The number of piperazine rings is 1. The minimum absolute atomic E-state index is 0.0410. The summed E-state index contributed by atoms with van der Waals surface area (Å²) in [5.74, 6) is 0.170. The summed E-state index contributed by atoms with van der Waals surface area (Å²) in [6.07, 6.45) is -0.758. The fourth-order valence-electron chi connectivity index (χ4n) is 3.37. The quantitative estimate of drug-likeness (QED) is 0.665. The lowest BCUT2D eigenvalue weighted by molar-refractivity contribution is -0.140. The first kappa shape index (κ1) is 22.1. The van der Waals surface area contributed by atoms with Crippen LogP contribution in [0.4, 0.5) is 0 Å². The van der Waals surface area contributed by atoms with Crippen molar-refractivity contribution in [1.29, 1.82) is 0 Å². The maximum absolute atomic E-state index is 12.8. The summed E-state index contributed by atoms with van der Waals surface area (Å²) in [5, 5.41) is 1.06. The molecule has 1 fully saturated rings. The minimum Gasteiger partial charge on any atom is -0.479 e. The average molecular weight is 436 g/mol. The zero-order valence-corrected chi connectivity index (χ0v) is 18.4. The van der Waals surface area contributed by atoms with E-state index in [-0.39, 0.29) is 17.6 Å². The van der Waals surface area contributed by atoms with Crippen molar-refractivity contribution in [2.75, 3.05) is 46.8 Å². The molecule has 0 aliphatic carbocycles. The topological polar surface area (TPSA) is 83.3 Å². The van der Waals surface area contributed by atoms with E-state index >= 15 is 0 Å².